The zero-order chi connectivity index (χ0) is 32.6. The fourth-order valence-corrected chi connectivity index (χ4v) is 5.77. The van der Waals surface area contributed by atoms with E-state index in [2.05, 4.69) is 34.3 Å². The third-order valence-corrected chi connectivity index (χ3v) is 8.46. The van der Waals surface area contributed by atoms with E-state index >= 15 is 0 Å². The van der Waals surface area contributed by atoms with E-state index in [9.17, 15) is 14.4 Å². The molecule has 46 heavy (non-hydrogen) atoms. The number of aromatic amines is 1. The summed E-state index contributed by atoms with van der Waals surface area (Å²) in [5, 5.41) is 3.49. The second-order valence-electron chi connectivity index (χ2n) is 11.6. The number of carbonyl (C=O) groups is 1. The molecule has 0 spiro atoms. The molecule has 240 valence electrons. The van der Waals surface area contributed by atoms with Gasteiger partial charge in [0.15, 0.2) is 11.5 Å². The minimum absolute atomic E-state index is 0.169. The van der Waals surface area contributed by atoms with Crippen molar-refractivity contribution in [2.45, 2.75) is 45.6 Å². The van der Waals surface area contributed by atoms with Gasteiger partial charge in [-0.2, -0.15) is 0 Å². The number of nitrogens with zero attached hydrogens (tertiary/aromatic N) is 2. The number of amides is 1. The lowest BCUT2D eigenvalue weighted by atomic mass is 9.98. The quantitative estimate of drug-likeness (QED) is 0.247. The van der Waals surface area contributed by atoms with E-state index in [0.717, 1.165) is 63.2 Å². The lowest BCUT2D eigenvalue weighted by molar-refractivity contribution is 0.102. The fraction of sp³-hybridized carbons (Fsp3) is 0.324. The van der Waals surface area contributed by atoms with E-state index in [0.29, 0.717) is 22.2 Å². The van der Waals surface area contributed by atoms with Crippen LogP contribution in [-0.2, 0) is 26.4 Å². The Balaban J connectivity index is 1.21. The molecule has 2 N–H and O–H groups in total. The number of hydrogen-bond donors (Lipinski definition) is 2. The molecule has 2 heterocycles. The van der Waals surface area contributed by atoms with E-state index in [1.54, 1.807) is 57.7 Å². The number of aromatic nitrogens is 2. The maximum atomic E-state index is 13.1. The molecule has 1 aliphatic heterocycles. The first-order chi connectivity index (χ1) is 22.3. The van der Waals surface area contributed by atoms with Crippen LogP contribution in [0.15, 0.2) is 70.3 Å². The number of fused-ring (bicyclic) bond motifs is 1. The molecule has 0 unspecified atom stereocenters. The highest BCUT2D eigenvalue weighted by Gasteiger charge is 2.19. The fourth-order valence-electron chi connectivity index (χ4n) is 5.77. The Bertz CT molecular complexity index is 1940. The summed E-state index contributed by atoms with van der Waals surface area (Å²) >= 11 is 0. The zero-order valence-corrected chi connectivity index (χ0v) is 27.0. The van der Waals surface area contributed by atoms with E-state index in [4.69, 9.17) is 9.47 Å². The van der Waals surface area contributed by atoms with Crippen LogP contribution in [0.5, 0.6) is 11.5 Å². The topological polar surface area (TPSA) is 106 Å². The van der Waals surface area contributed by atoms with E-state index in [-0.39, 0.29) is 22.4 Å². The second-order valence-corrected chi connectivity index (χ2v) is 11.6. The molecule has 9 heteroatoms. The van der Waals surface area contributed by atoms with Crippen LogP contribution in [0.1, 0.15) is 58.8 Å². The summed E-state index contributed by atoms with van der Waals surface area (Å²) in [7, 11) is 4.93. The van der Waals surface area contributed by atoms with Crippen molar-refractivity contribution in [3.05, 3.63) is 120 Å². The number of rotatable bonds is 11. The first-order valence-corrected chi connectivity index (χ1v) is 15.8. The Hall–Kier alpha value is -4.89. The number of anilines is 1. The lowest BCUT2D eigenvalue weighted by Gasteiger charge is -2.29. The van der Waals surface area contributed by atoms with Gasteiger partial charge >= 0.3 is 0 Å². The smallest absolute Gasteiger partial charge is 0.274 e. The molecule has 0 aliphatic carbocycles. The Kier molecular flexibility index (Phi) is 10.5. The highest BCUT2D eigenvalue weighted by Crippen LogP contribution is 2.33. The Morgan fingerprint density at radius 3 is 2.46 bits per heavy atom. The van der Waals surface area contributed by atoms with Crippen molar-refractivity contribution in [3.8, 4) is 11.5 Å². The van der Waals surface area contributed by atoms with Gasteiger partial charge < -0.3 is 24.3 Å². The Morgan fingerprint density at radius 1 is 1.00 bits per heavy atom. The van der Waals surface area contributed by atoms with Crippen LogP contribution in [0.2, 0.25) is 0 Å². The minimum atomic E-state index is -0.315. The summed E-state index contributed by atoms with van der Waals surface area (Å²) in [6.07, 6.45) is 7.95. The number of carbonyl (C=O) groups excluding carboxylic acids is 1. The Morgan fingerprint density at radius 2 is 1.74 bits per heavy atom. The maximum Gasteiger partial charge on any atom is 0.274 e. The highest BCUT2D eigenvalue weighted by atomic mass is 16.5. The lowest BCUT2D eigenvalue weighted by Crippen LogP contribution is -2.52. The van der Waals surface area contributed by atoms with Gasteiger partial charge in [0.25, 0.3) is 17.0 Å². The van der Waals surface area contributed by atoms with Crippen LogP contribution in [0.25, 0.3) is 12.2 Å². The number of unbranched alkanes of at least 4 members (excludes halogenated alkanes) is 2. The number of nitrogens with one attached hydrogen (secondary N) is 2. The van der Waals surface area contributed by atoms with Crippen LogP contribution >= 0.6 is 0 Å². The number of H-pyrrole nitrogens is 1. The third kappa shape index (κ3) is 7.66. The van der Waals surface area contributed by atoms with Crippen LogP contribution in [0.3, 0.4) is 0 Å². The van der Waals surface area contributed by atoms with Crippen molar-refractivity contribution in [3.63, 3.8) is 0 Å². The van der Waals surface area contributed by atoms with Crippen LogP contribution in [0, 0.1) is 0 Å². The van der Waals surface area contributed by atoms with Crippen molar-refractivity contribution in [1.82, 2.24) is 14.5 Å². The molecule has 1 amide bonds. The molecule has 0 bridgehead atoms. The summed E-state index contributed by atoms with van der Waals surface area (Å²) in [4.78, 5) is 43.9. The van der Waals surface area contributed by atoms with E-state index in [1.807, 2.05) is 24.3 Å². The molecule has 4 aromatic rings. The molecule has 0 saturated carbocycles. The molecule has 1 aliphatic rings. The van der Waals surface area contributed by atoms with Gasteiger partial charge in [0.05, 0.1) is 14.2 Å². The molecular weight excluding hydrogens is 580 g/mol. The van der Waals surface area contributed by atoms with Crippen molar-refractivity contribution in [2.75, 3.05) is 32.6 Å². The van der Waals surface area contributed by atoms with Crippen LogP contribution in [-0.4, -0.2) is 47.7 Å². The number of benzene rings is 3. The van der Waals surface area contributed by atoms with Gasteiger partial charge in [0.2, 0.25) is 0 Å². The predicted octanol–water partition coefficient (Wildman–Crippen LogP) is 3.74. The number of methoxy groups -OCH3 is 2. The van der Waals surface area contributed by atoms with Gasteiger partial charge in [0.1, 0.15) is 10.7 Å². The Labute approximate surface area is 268 Å². The SMILES string of the molecule is CCCC/C=c1\c(=O)[nH]/c(=C\c2cccc(C(=O)Nc3ccc(CCN4CCc5cc(OC)c(OC)cc5C4)cc3)c2)c(=O)n1C. The second kappa shape index (κ2) is 14.9. The van der Waals surface area contributed by atoms with Gasteiger partial charge in [0, 0.05) is 37.9 Å². The summed E-state index contributed by atoms with van der Waals surface area (Å²) < 4.78 is 12.3. The number of hydrogen-bond acceptors (Lipinski definition) is 6. The van der Waals surface area contributed by atoms with Crippen LogP contribution < -0.4 is 36.6 Å². The molecule has 0 fully saturated rings. The molecule has 0 saturated heterocycles. The van der Waals surface area contributed by atoms with E-state index < -0.39 is 0 Å². The number of ether oxygens (including phenoxy) is 2. The summed E-state index contributed by atoms with van der Waals surface area (Å²) in [5.74, 6) is 1.27. The first kappa shape index (κ1) is 32.5. The molecule has 0 radical (unpaired) electrons. The van der Waals surface area contributed by atoms with Crippen LogP contribution in [0.4, 0.5) is 5.69 Å². The normalized spacial score (nSPS) is 13.8. The zero-order valence-electron chi connectivity index (χ0n) is 27.0. The average Bonchev–Trinajstić information content (AvgIpc) is 3.07. The van der Waals surface area contributed by atoms with Gasteiger partial charge in [-0.15, -0.1) is 0 Å². The molecule has 9 nitrogen and oxygen atoms in total. The van der Waals surface area contributed by atoms with Crippen molar-refractivity contribution in [2.24, 2.45) is 7.05 Å². The van der Waals surface area contributed by atoms with Crippen molar-refractivity contribution >= 4 is 23.7 Å². The third-order valence-electron chi connectivity index (χ3n) is 8.46. The molecule has 1 aromatic heterocycles. The summed E-state index contributed by atoms with van der Waals surface area (Å²) in [6, 6.07) is 19.1. The van der Waals surface area contributed by atoms with Gasteiger partial charge in [-0.3, -0.25) is 19.3 Å². The van der Waals surface area contributed by atoms with Gasteiger partial charge in [-0.05, 0) is 90.4 Å². The molecule has 0 atom stereocenters. The monoisotopic (exact) mass is 622 g/mol. The summed E-state index contributed by atoms with van der Waals surface area (Å²) in [5.41, 5.74) is 4.93. The highest BCUT2D eigenvalue weighted by molar-refractivity contribution is 6.04. The largest absolute Gasteiger partial charge is 0.493 e. The average molecular weight is 623 g/mol. The minimum Gasteiger partial charge on any atom is -0.493 e. The first-order valence-electron chi connectivity index (χ1n) is 15.8. The predicted molar refractivity (Wildman–Crippen MR) is 182 cm³/mol. The van der Waals surface area contributed by atoms with Crippen molar-refractivity contribution in [1.29, 1.82) is 0 Å². The van der Waals surface area contributed by atoms with Gasteiger partial charge in [-0.1, -0.05) is 43.7 Å². The molecule has 5 rings (SSSR count). The molecule has 3 aromatic carbocycles. The van der Waals surface area contributed by atoms with Gasteiger partial charge in [-0.25, -0.2) is 0 Å². The molecular formula is C37H42N4O5. The standard InChI is InChI=1S/C37H42N4O5/c1-5-6-7-11-32-36(43)39-31(37(44)40(32)2)21-26-9-8-10-28(20-26)35(42)38-30-14-12-25(13-15-30)16-18-41-19-17-27-22-33(45-3)34(46-4)23-29(27)24-41/h8-15,20-23H,5-7,16-19,24H2,1-4H3,(H,38,42)(H,39,43)/b31-21-,32-11+. The van der Waals surface area contributed by atoms with Crippen molar-refractivity contribution < 1.29 is 14.3 Å². The summed E-state index contributed by atoms with van der Waals surface area (Å²) in [6.45, 7) is 4.86. The maximum absolute atomic E-state index is 13.1. The van der Waals surface area contributed by atoms with E-state index in [1.165, 1.54) is 21.3 Å².